The van der Waals surface area contributed by atoms with Crippen LogP contribution in [0.4, 0.5) is 9.18 Å². The molecule has 5 nitrogen and oxygen atoms in total. The van der Waals surface area contributed by atoms with Crippen molar-refractivity contribution in [3.8, 4) is 11.5 Å². The fourth-order valence-electron chi connectivity index (χ4n) is 2.88. The highest BCUT2D eigenvalue weighted by Crippen LogP contribution is 2.36. The van der Waals surface area contributed by atoms with Crippen molar-refractivity contribution in [3.63, 3.8) is 0 Å². The number of amides is 2. The second kappa shape index (κ2) is 8.31. The maximum absolute atomic E-state index is 13.6. The molecule has 0 spiro atoms. The van der Waals surface area contributed by atoms with Gasteiger partial charge in [0, 0.05) is 23.3 Å². The maximum atomic E-state index is 13.6. The smallest absolute Gasteiger partial charge is 0.315 e. The third-order valence-electron chi connectivity index (χ3n) is 4.18. The molecule has 3 rings (SSSR count). The SMILES string of the molecule is COc1cc(CNC(=O)NC2CCSc3ccc(F)cc32)cc(OC)c1. The van der Waals surface area contributed by atoms with E-state index in [1.807, 2.05) is 12.1 Å². The van der Waals surface area contributed by atoms with Crippen LogP contribution >= 0.6 is 11.8 Å². The number of halogens is 1. The molecule has 7 heteroatoms. The molecule has 2 N–H and O–H groups in total. The number of carbonyl (C=O) groups is 1. The monoisotopic (exact) mass is 376 g/mol. The molecular formula is C19H21FN2O3S. The number of hydrogen-bond donors (Lipinski definition) is 2. The number of methoxy groups -OCH3 is 2. The summed E-state index contributed by atoms with van der Waals surface area (Å²) in [6.07, 6.45) is 0.765. The van der Waals surface area contributed by atoms with Crippen LogP contribution in [-0.4, -0.2) is 26.0 Å². The molecule has 2 aromatic rings. The standard InChI is InChI=1S/C19H21FN2O3S/c1-24-14-7-12(8-15(10-14)25-2)11-21-19(23)22-17-5-6-26-18-4-3-13(20)9-16(17)18/h3-4,7-10,17H,5-6,11H2,1-2H3,(H2,21,22,23). The molecule has 26 heavy (non-hydrogen) atoms. The van der Waals surface area contributed by atoms with E-state index < -0.39 is 0 Å². The van der Waals surface area contributed by atoms with Crippen molar-refractivity contribution in [1.29, 1.82) is 0 Å². The molecule has 0 fully saturated rings. The summed E-state index contributed by atoms with van der Waals surface area (Å²) < 4.78 is 24.0. The van der Waals surface area contributed by atoms with Crippen LogP contribution in [0.25, 0.3) is 0 Å². The maximum Gasteiger partial charge on any atom is 0.315 e. The Labute approximate surface area is 156 Å². The van der Waals surface area contributed by atoms with E-state index in [-0.39, 0.29) is 17.9 Å². The predicted molar refractivity (Wildman–Crippen MR) is 99.4 cm³/mol. The third kappa shape index (κ3) is 4.40. The number of ether oxygens (including phenoxy) is 2. The first-order chi connectivity index (χ1) is 12.6. The minimum absolute atomic E-state index is 0.193. The number of fused-ring (bicyclic) bond motifs is 1. The summed E-state index contributed by atoms with van der Waals surface area (Å²) >= 11 is 1.68. The van der Waals surface area contributed by atoms with E-state index >= 15 is 0 Å². The van der Waals surface area contributed by atoms with Crippen molar-refractivity contribution in [2.75, 3.05) is 20.0 Å². The lowest BCUT2D eigenvalue weighted by molar-refractivity contribution is 0.236. The first-order valence-corrected chi connectivity index (χ1v) is 9.26. The van der Waals surface area contributed by atoms with Crippen molar-refractivity contribution >= 4 is 17.8 Å². The van der Waals surface area contributed by atoms with Crippen LogP contribution in [0.1, 0.15) is 23.6 Å². The van der Waals surface area contributed by atoms with Gasteiger partial charge in [-0.25, -0.2) is 9.18 Å². The number of urea groups is 1. The molecule has 0 bridgehead atoms. The molecule has 0 radical (unpaired) electrons. The van der Waals surface area contributed by atoms with Crippen LogP contribution < -0.4 is 20.1 Å². The first kappa shape index (κ1) is 18.4. The Morgan fingerprint density at radius 1 is 1.19 bits per heavy atom. The van der Waals surface area contributed by atoms with E-state index in [1.165, 1.54) is 12.1 Å². The van der Waals surface area contributed by atoms with Gasteiger partial charge >= 0.3 is 6.03 Å². The summed E-state index contributed by atoms with van der Waals surface area (Å²) in [5.41, 5.74) is 1.70. The second-order valence-electron chi connectivity index (χ2n) is 5.92. The highest BCUT2D eigenvalue weighted by molar-refractivity contribution is 7.99. The van der Waals surface area contributed by atoms with E-state index in [0.29, 0.717) is 18.0 Å². The summed E-state index contributed by atoms with van der Waals surface area (Å²) in [5, 5.41) is 5.77. The van der Waals surface area contributed by atoms with E-state index in [2.05, 4.69) is 10.6 Å². The molecule has 1 unspecified atom stereocenters. The van der Waals surface area contributed by atoms with Gasteiger partial charge in [-0.3, -0.25) is 0 Å². The summed E-state index contributed by atoms with van der Waals surface area (Å²) in [7, 11) is 3.16. The fourth-order valence-corrected chi connectivity index (χ4v) is 3.98. The normalized spacial score (nSPS) is 15.7. The Bertz CT molecular complexity index is 778. The number of carbonyl (C=O) groups excluding carboxylic acids is 1. The minimum Gasteiger partial charge on any atom is -0.497 e. The highest BCUT2D eigenvalue weighted by atomic mass is 32.2. The molecule has 1 aliphatic heterocycles. The molecule has 0 aliphatic carbocycles. The van der Waals surface area contributed by atoms with Gasteiger partial charge < -0.3 is 20.1 Å². The van der Waals surface area contributed by atoms with Crippen LogP contribution in [0.5, 0.6) is 11.5 Å². The average Bonchev–Trinajstić information content (AvgIpc) is 2.66. The van der Waals surface area contributed by atoms with Gasteiger partial charge in [-0.1, -0.05) is 0 Å². The van der Waals surface area contributed by atoms with E-state index in [4.69, 9.17) is 9.47 Å². The molecular weight excluding hydrogens is 355 g/mol. The van der Waals surface area contributed by atoms with Crippen LogP contribution in [-0.2, 0) is 6.54 Å². The van der Waals surface area contributed by atoms with E-state index in [1.54, 1.807) is 38.1 Å². The number of nitrogens with one attached hydrogen (secondary N) is 2. The lowest BCUT2D eigenvalue weighted by atomic mass is 10.0. The number of hydrogen-bond acceptors (Lipinski definition) is 4. The van der Waals surface area contributed by atoms with Crippen molar-refractivity contribution in [2.24, 2.45) is 0 Å². The summed E-state index contributed by atoms with van der Waals surface area (Å²) in [5.74, 6) is 1.92. The predicted octanol–water partition coefficient (Wildman–Crippen LogP) is 3.88. The second-order valence-corrected chi connectivity index (χ2v) is 7.06. The molecule has 138 valence electrons. The third-order valence-corrected chi connectivity index (χ3v) is 5.30. The zero-order chi connectivity index (χ0) is 18.5. The van der Waals surface area contributed by atoms with Gasteiger partial charge in [0.2, 0.25) is 0 Å². The first-order valence-electron chi connectivity index (χ1n) is 8.27. The van der Waals surface area contributed by atoms with Crippen molar-refractivity contribution < 1.29 is 18.7 Å². The summed E-state index contributed by atoms with van der Waals surface area (Å²) in [4.78, 5) is 13.3. The molecule has 0 aromatic heterocycles. The van der Waals surface area contributed by atoms with Gasteiger partial charge in [-0.15, -0.1) is 11.8 Å². The zero-order valence-electron chi connectivity index (χ0n) is 14.7. The highest BCUT2D eigenvalue weighted by Gasteiger charge is 2.22. The van der Waals surface area contributed by atoms with Gasteiger partial charge in [-0.05, 0) is 47.9 Å². The van der Waals surface area contributed by atoms with Crippen LogP contribution in [0.3, 0.4) is 0 Å². The zero-order valence-corrected chi connectivity index (χ0v) is 15.5. The Morgan fingerprint density at radius 3 is 2.62 bits per heavy atom. The van der Waals surface area contributed by atoms with Crippen LogP contribution in [0.2, 0.25) is 0 Å². The Morgan fingerprint density at radius 2 is 1.92 bits per heavy atom. The van der Waals surface area contributed by atoms with E-state index in [9.17, 15) is 9.18 Å². The fraction of sp³-hybridized carbons (Fsp3) is 0.316. The molecule has 2 aromatic carbocycles. The number of benzene rings is 2. The molecule has 1 heterocycles. The minimum atomic E-state index is -0.293. The lowest BCUT2D eigenvalue weighted by Crippen LogP contribution is -2.38. The number of thioether (sulfide) groups is 1. The van der Waals surface area contributed by atoms with Crippen LogP contribution in [0, 0.1) is 5.82 Å². The van der Waals surface area contributed by atoms with Gasteiger partial charge in [0.15, 0.2) is 0 Å². The van der Waals surface area contributed by atoms with Gasteiger partial charge in [0.1, 0.15) is 17.3 Å². The van der Waals surface area contributed by atoms with Crippen molar-refractivity contribution in [2.45, 2.75) is 23.9 Å². The quantitative estimate of drug-likeness (QED) is 0.831. The number of rotatable bonds is 5. The topological polar surface area (TPSA) is 59.6 Å². The summed E-state index contributed by atoms with van der Waals surface area (Å²) in [6.45, 7) is 0.330. The van der Waals surface area contributed by atoms with Gasteiger partial charge in [-0.2, -0.15) is 0 Å². The molecule has 1 aliphatic rings. The lowest BCUT2D eigenvalue weighted by Gasteiger charge is -2.26. The average molecular weight is 376 g/mol. The molecule has 0 saturated heterocycles. The van der Waals surface area contributed by atoms with Gasteiger partial charge in [0.05, 0.1) is 20.3 Å². The Hall–Kier alpha value is -2.41. The Balaban J connectivity index is 1.63. The molecule has 0 saturated carbocycles. The van der Waals surface area contributed by atoms with Crippen molar-refractivity contribution in [1.82, 2.24) is 10.6 Å². The summed E-state index contributed by atoms with van der Waals surface area (Å²) in [6, 6.07) is 9.68. The van der Waals surface area contributed by atoms with Gasteiger partial charge in [0.25, 0.3) is 0 Å². The van der Waals surface area contributed by atoms with Crippen LogP contribution in [0.15, 0.2) is 41.3 Å². The largest absolute Gasteiger partial charge is 0.497 e. The molecule has 1 atom stereocenters. The van der Waals surface area contributed by atoms with E-state index in [0.717, 1.165) is 28.2 Å². The Kier molecular flexibility index (Phi) is 5.88. The van der Waals surface area contributed by atoms with Crippen molar-refractivity contribution in [3.05, 3.63) is 53.3 Å². The molecule has 2 amide bonds.